The molecule has 0 radical (unpaired) electrons. The van der Waals surface area contributed by atoms with Crippen molar-refractivity contribution in [3.05, 3.63) is 88.2 Å². The topological polar surface area (TPSA) is 18.5 Å². The van der Waals surface area contributed by atoms with Crippen molar-refractivity contribution in [3.8, 4) is 16.9 Å². The third-order valence-electron chi connectivity index (χ3n) is 6.66. The number of benzene rings is 3. The Hall–Kier alpha value is -3.28. The monoisotopic (exact) mass is 580 g/mol. The van der Waals surface area contributed by atoms with Gasteiger partial charge in [0, 0.05) is 17.2 Å². The van der Waals surface area contributed by atoms with E-state index in [1.807, 2.05) is 6.92 Å². The molecule has 40 heavy (non-hydrogen) atoms. The summed E-state index contributed by atoms with van der Waals surface area (Å²) in [5.74, 6) is -9.41. The SMILES string of the molecule is CCCC1CCC(c2ccc(C(F)(F)Oc3ccc(-c4cc(F)c(C(F)(F)F)c(F)c4)c(F)c3)c(F)c2F)OC1. The van der Waals surface area contributed by atoms with E-state index in [1.54, 1.807) is 0 Å². The van der Waals surface area contributed by atoms with Crippen molar-refractivity contribution in [2.45, 2.75) is 51.0 Å². The lowest BCUT2D eigenvalue weighted by Gasteiger charge is -2.30. The lowest BCUT2D eigenvalue weighted by atomic mass is 9.91. The summed E-state index contributed by atoms with van der Waals surface area (Å²) in [7, 11) is 0. The van der Waals surface area contributed by atoms with Gasteiger partial charge in [0.25, 0.3) is 0 Å². The standard InChI is InChI=1S/C28H22F10O2/c1-2-3-14-4-9-23(39-13-14)18-7-8-19(26(33)25(18)32)28(37,38)40-16-5-6-17(20(29)12-16)15-10-21(30)24(22(31)11-15)27(34,35)36/h5-8,10-12,14,23H,2-4,9,13H2,1H3. The van der Waals surface area contributed by atoms with Gasteiger partial charge >= 0.3 is 12.3 Å². The van der Waals surface area contributed by atoms with Crippen LogP contribution >= 0.6 is 0 Å². The predicted octanol–water partition coefficient (Wildman–Crippen LogP) is 9.46. The van der Waals surface area contributed by atoms with Gasteiger partial charge in [-0.1, -0.05) is 19.4 Å². The first-order valence-corrected chi connectivity index (χ1v) is 12.3. The molecule has 3 aromatic carbocycles. The van der Waals surface area contributed by atoms with Crippen LogP contribution in [0.2, 0.25) is 0 Å². The van der Waals surface area contributed by atoms with Crippen molar-refractivity contribution < 1.29 is 53.4 Å². The molecule has 1 aliphatic heterocycles. The zero-order valence-corrected chi connectivity index (χ0v) is 20.8. The van der Waals surface area contributed by atoms with Crippen LogP contribution in [0.3, 0.4) is 0 Å². The fourth-order valence-corrected chi connectivity index (χ4v) is 4.72. The van der Waals surface area contributed by atoms with Gasteiger partial charge in [-0.3, -0.25) is 0 Å². The number of hydrogen-bond donors (Lipinski definition) is 0. The summed E-state index contributed by atoms with van der Waals surface area (Å²) in [6, 6.07) is 3.89. The van der Waals surface area contributed by atoms with Crippen LogP contribution in [0.15, 0.2) is 42.5 Å². The average Bonchev–Trinajstić information content (AvgIpc) is 2.85. The van der Waals surface area contributed by atoms with Crippen LogP contribution in [-0.4, -0.2) is 6.61 Å². The van der Waals surface area contributed by atoms with Gasteiger partial charge in [-0.2, -0.15) is 22.0 Å². The quantitative estimate of drug-likeness (QED) is 0.259. The van der Waals surface area contributed by atoms with Crippen molar-refractivity contribution >= 4 is 0 Å². The highest BCUT2D eigenvalue weighted by molar-refractivity contribution is 5.66. The molecule has 1 saturated heterocycles. The second-order valence-corrected chi connectivity index (χ2v) is 9.46. The van der Waals surface area contributed by atoms with Gasteiger partial charge in [-0.15, -0.1) is 0 Å². The van der Waals surface area contributed by atoms with E-state index < -0.39 is 75.5 Å². The van der Waals surface area contributed by atoms with Crippen molar-refractivity contribution in [1.29, 1.82) is 0 Å². The number of rotatable bonds is 7. The van der Waals surface area contributed by atoms with Crippen LogP contribution in [0.1, 0.15) is 55.4 Å². The number of alkyl halides is 5. The Balaban J connectivity index is 1.55. The molecule has 2 nitrogen and oxygen atoms in total. The van der Waals surface area contributed by atoms with E-state index in [9.17, 15) is 43.9 Å². The molecule has 0 bridgehead atoms. The zero-order chi connectivity index (χ0) is 29.4. The van der Waals surface area contributed by atoms with Crippen LogP contribution < -0.4 is 4.74 Å². The second kappa shape index (κ2) is 11.3. The summed E-state index contributed by atoms with van der Waals surface area (Å²) in [5, 5.41) is 0. The third-order valence-corrected chi connectivity index (χ3v) is 6.66. The summed E-state index contributed by atoms with van der Waals surface area (Å²) in [6.07, 6.45) is -7.71. The molecule has 1 fully saturated rings. The van der Waals surface area contributed by atoms with E-state index in [1.165, 1.54) is 0 Å². The Kier molecular flexibility index (Phi) is 8.39. The summed E-state index contributed by atoms with van der Waals surface area (Å²) in [4.78, 5) is 0. The fourth-order valence-electron chi connectivity index (χ4n) is 4.72. The lowest BCUT2D eigenvalue weighted by molar-refractivity contribution is -0.187. The normalized spacial score (nSPS) is 18.2. The Morgan fingerprint density at radius 2 is 1.50 bits per heavy atom. The maximum Gasteiger partial charge on any atom is 0.429 e. The second-order valence-electron chi connectivity index (χ2n) is 9.46. The molecule has 3 aromatic rings. The van der Waals surface area contributed by atoms with Crippen LogP contribution in [0, 0.1) is 35.0 Å². The molecule has 1 aliphatic rings. The molecule has 2 atom stereocenters. The molecule has 216 valence electrons. The zero-order valence-electron chi connectivity index (χ0n) is 20.8. The van der Waals surface area contributed by atoms with E-state index in [0.29, 0.717) is 31.6 Å². The Bertz CT molecular complexity index is 1360. The lowest BCUT2D eigenvalue weighted by Crippen LogP contribution is -2.26. The number of hydrogen-bond acceptors (Lipinski definition) is 2. The third kappa shape index (κ3) is 6.06. The Labute approximate surface area is 222 Å². The van der Waals surface area contributed by atoms with Crippen LogP contribution in [0.25, 0.3) is 11.1 Å². The molecule has 0 saturated carbocycles. The van der Waals surface area contributed by atoms with E-state index in [4.69, 9.17) is 4.74 Å². The molecule has 4 rings (SSSR count). The van der Waals surface area contributed by atoms with E-state index in [-0.39, 0.29) is 23.6 Å². The molecule has 0 amide bonds. The van der Waals surface area contributed by atoms with E-state index >= 15 is 0 Å². The summed E-state index contributed by atoms with van der Waals surface area (Å²) < 4.78 is 150. The van der Waals surface area contributed by atoms with Crippen molar-refractivity contribution in [3.63, 3.8) is 0 Å². The highest BCUT2D eigenvalue weighted by atomic mass is 19.4. The van der Waals surface area contributed by atoms with E-state index in [0.717, 1.165) is 31.0 Å². The predicted molar refractivity (Wildman–Crippen MR) is 124 cm³/mol. The molecular weight excluding hydrogens is 558 g/mol. The van der Waals surface area contributed by atoms with Crippen molar-refractivity contribution in [2.75, 3.05) is 6.61 Å². The van der Waals surface area contributed by atoms with Gasteiger partial charge in [0.15, 0.2) is 11.6 Å². The van der Waals surface area contributed by atoms with Gasteiger partial charge in [-0.25, -0.2) is 22.0 Å². The minimum Gasteiger partial charge on any atom is -0.429 e. The van der Waals surface area contributed by atoms with Gasteiger partial charge in [0.1, 0.15) is 34.3 Å². The van der Waals surface area contributed by atoms with Gasteiger partial charge < -0.3 is 9.47 Å². The summed E-state index contributed by atoms with van der Waals surface area (Å²) >= 11 is 0. The van der Waals surface area contributed by atoms with Crippen molar-refractivity contribution in [1.82, 2.24) is 0 Å². The minimum atomic E-state index is -5.34. The molecule has 0 spiro atoms. The van der Waals surface area contributed by atoms with Gasteiger partial charge in [0.2, 0.25) is 0 Å². The molecule has 0 aromatic heterocycles. The Morgan fingerprint density at radius 3 is 2.05 bits per heavy atom. The Morgan fingerprint density at radius 1 is 0.825 bits per heavy atom. The van der Waals surface area contributed by atoms with Crippen LogP contribution in [-0.2, 0) is 17.0 Å². The maximum atomic E-state index is 14.8. The highest BCUT2D eigenvalue weighted by Gasteiger charge is 2.41. The highest BCUT2D eigenvalue weighted by Crippen LogP contribution is 2.40. The molecule has 12 heteroatoms. The maximum absolute atomic E-state index is 14.8. The molecule has 2 unspecified atom stereocenters. The fraction of sp³-hybridized carbons (Fsp3) is 0.357. The summed E-state index contributed by atoms with van der Waals surface area (Å²) in [6.45, 7) is 2.33. The minimum absolute atomic E-state index is 0.224. The first kappa shape index (κ1) is 29.7. The summed E-state index contributed by atoms with van der Waals surface area (Å²) in [5.41, 5.74) is -5.14. The van der Waals surface area contributed by atoms with E-state index in [2.05, 4.69) is 4.74 Å². The molecule has 0 N–H and O–H groups in total. The molecular formula is C28H22F10O2. The largest absolute Gasteiger partial charge is 0.429 e. The average molecular weight is 580 g/mol. The van der Waals surface area contributed by atoms with Crippen LogP contribution in [0.4, 0.5) is 43.9 Å². The number of ether oxygens (including phenoxy) is 2. The van der Waals surface area contributed by atoms with Gasteiger partial charge in [-0.05, 0) is 61.1 Å². The van der Waals surface area contributed by atoms with Crippen LogP contribution in [0.5, 0.6) is 5.75 Å². The number of halogens is 10. The first-order chi connectivity index (χ1) is 18.7. The van der Waals surface area contributed by atoms with Crippen molar-refractivity contribution in [2.24, 2.45) is 5.92 Å². The first-order valence-electron chi connectivity index (χ1n) is 12.3. The van der Waals surface area contributed by atoms with Gasteiger partial charge in [0.05, 0.1) is 12.7 Å². The molecule has 1 heterocycles. The smallest absolute Gasteiger partial charge is 0.429 e. The molecule has 0 aliphatic carbocycles.